The van der Waals surface area contributed by atoms with Crippen molar-refractivity contribution in [3.63, 3.8) is 0 Å². The SMILES string of the molecule is Cc1ccc(N(CC(=O)N(Cc2cccc(Br)c2)[C@H](C)C(=O)NC2CCCCC2)S(C)(=O)=O)cc1C. The summed E-state index contributed by atoms with van der Waals surface area (Å²) in [5.41, 5.74) is 3.23. The first-order valence-corrected chi connectivity index (χ1v) is 15.0. The summed E-state index contributed by atoms with van der Waals surface area (Å²) >= 11 is 3.46. The number of halogens is 1. The van der Waals surface area contributed by atoms with Crippen molar-refractivity contribution in [2.24, 2.45) is 0 Å². The van der Waals surface area contributed by atoms with Crippen LogP contribution in [0.3, 0.4) is 0 Å². The molecule has 2 aromatic carbocycles. The molecule has 1 saturated carbocycles. The number of nitrogens with zero attached hydrogens (tertiary/aromatic N) is 2. The van der Waals surface area contributed by atoms with E-state index in [1.807, 2.05) is 44.2 Å². The first-order valence-electron chi connectivity index (χ1n) is 12.3. The molecule has 1 atom stereocenters. The van der Waals surface area contributed by atoms with E-state index in [2.05, 4.69) is 21.2 Å². The lowest BCUT2D eigenvalue weighted by atomic mass is 9.95. The molecule has 0 unspecified atom stereocenters. The second kappa shape index (κ2) is 12.2. The molecule has 2 amide bonds. The second-order valence-electron chi connectivity index (χ2n) is 9.71. The highest BCUT2D eigenvalue weighted by atomic mass is 79.9. The Morgan fingerprint density at radius 2 is 1.75 bits per heavy atom. The molecule has 0 radical (unpaired) electrons. The van der Waals surface area contributed by atoms with Crippen molar-refractivity contribution >= 4 is 43.5 Å². The molecular formula is C27H36BrN3O4S. The first kappa shape index (κ1) is 28.2. The van der Waals surface area contributed by atoms with E-state index in [9.17, 15) is 18.0 Å². The van der Waals surface area contributed by atoms with E-state index in [1.54, 1.807) is 19.1 Å². The highest BCUT2D eigenvalue weighted by Gasteiger charge is 2.31. The van der Waals surface area contributed by atoms with Gasteiger partial charge in [-0.15, -0.1) is 0 Å². The molecule has 36 heavy (non-hydrogen) atoms. The Labute approximate surface area is 223 Å². The summed E-state index contributed by atoms with van der Waals surface area (Å²) in [4.78, 5) is 28.4. The molecule has 1 fully saturated rings. The van der Waals surface area contributed by atoms with Crippen molar-refractivity contribution in [1.29, 1.82) is 0 Å². The zero-order valence-corrected chi connectivity index (χ0v) is 23.9. The molecule has 0 saturated heterocycles. The molecule has 0 bridgehead atoms. The van der Waals surface area contributed by atoms with Crippen LogP contribution < -0.4 is 9.62 Å². The predicted octanol–water partition coefficient (Wildman–Crippen LogP) is 4.70. The van der Waals surface area contributed by atoms with Gasteiger partial charge in [-0.2, -0.15) is 0 Å². The lowest BCUT2D eigenvalue weighted by Crippen LogP contribution is -2.53. The van der Waals surface area contributed by atoms with Gasteiger partial charge in [0.1, 0.15) is 12.6 Å². The summed E-state index contributed by atoms with van der Waals surface area (Å²) in [6.07, 6.45) is 6.31. The number of anilines is 1. The molecule has 0 heterocycles. The molecule has 196 valence electrons. The van der Waals surface area contributed by atoms with Crippen LogP contribution in [-0.2, 0) is 26.2 Å². The monoisotopic (exact) mass is 577 g/mol. The van der Waals surface area contributed by atoms with E-state index in [0.717, 1.165) is 57.4 Å². The molecule has 9 heteroatoms. The molecular weight excluding hydrogens is 542 g/mol. The van der Waals surface area contributed by atoms with Crippen LogP contribution in [0.25, 0.3) is 0 Å². The number of aryl methyl sites for hydroxylation is 2. The number of carbonyl (C=O) groups excluding carboxylic acids is 2. The van der Waals surface area contributed by atoms with E-state index in [-0.39, 0.29) is 18.5 Å². The van der Waals surface area contributed by atoms with Gasteiger partial charge in [0, 0.05) is 17.1 Å². The minimum absolute atomic E-state index is 0.111. The van der Waals surface area contributed by atoms with Crippen LogP contribution in [0.1, 0.15) is 55.7 Å². The normalized spacial score (nSPS) is 15.2. The fourth-order valence-electron chi connectivity index (χ4n) is 4.48. The van der Waals surface area contributed by atoms with Gasteiger partial charge in [0.15, 0.2) is 0 Å². The van der Waals surface area contributed by atoms with Crippen LogP contribution in [0.2, 0.25) is 0 Å². The van der Waals surface area contributed by atoms with Crippen molar-refractivity contribution in [2.75, 3.05) is 17.1 Å². The van der Waals surface area contributed by atoms with E-state index in [1.165, 1.54) is 11.3 Å². The highest BCUT2D eigenvalue weighted by Crippen LogP contribution is 2.23. The standard InChI is InChI=1S/C27H36BrN3O4S/c1-19-13-14-25(15-20(19)2)31(36(4,34)35)18-26(32)30(17-22-9-8-10-23(28)16-22)21(3)27(33)29-24-11-6-5-7-12-24/h8-10,13-16,21,24H,5-7,11-12,17-18H2,1-4H3,(H,29,33)/t21-/m1/s1. The summed E-state index contributed by atoms with van der Waals surface area (Å²) in [5, 5.41) is 3.11. The summed E-state index contributed by atoms with van der Waals surface area (Å²) < 4.78 is 27.4. The zero-order chi connectivity index (χ0) is 26.5. The van der Waals surface area contributed by atoms with Crippen LogP contribution in [0, 0.1) is 13.8 Å². The van der Waals surface area contributed by atoms with Gasteiger partial charge in [-0.1, -0.05) is 53.4 Å². The number of hydrogen-bond donors (Lipinski definition) is 1. The lowest BCUT2D eigenvalue weighted by molar-refractivity contribution is -0.139. The van der Waals surface area contributed by atoms with Crippen LogP contribution in [0.4, 0.5) is 5.69 Å². The maximum absolute atomic E-state index is 13.7. The van der Waals surface area contributed by atoms with E-state index >= 15 is 0 Å². The lowest BCUT2D eigenvalue weighted by Gasteiger charge is -2.33. The Balaban J connectivity index is 1.88. The van der Waals surface area contributed by atoms with Gasteiger partial charge in [0.25, 0.3) is 0 Å². The molecule has 0 aliphatic heterocycles. The van der Waals surface area contributed by atoms with Gasteiger partial charge < -0.3 is 10.2 Å². The molecule has 0 aromatic heterocycles. The highest BCUT2D eigenvalue weighted by molar-refractivity contribution is 9.10. The van der Waals surface area contributed by atoms with E-state index in [4.69, 9.17) is 0 Å². The molecule has 7 nitrogen and oxygen atoms in total. The van der Waals surface area contributed by atoms with Crippen LogP contribution in [0.15, 0.2) is 46.9 Å². The van der Waals surface area contributed by atoms with Crippen molar-refractivity contribution in [1.82, 2.24) is 10.2 Å². The average molecular weight is 579 g/mol. The average Bonchev–Trinajstić information content (AvgIpc) is 2.82. The van der Waals surface area contributed by atoms with Crippen molar-refractivity contribution in [2.45, 2.75) is 71.5 Å². The Hall–Kier alpha value is -2.39. The van der Waals surface area contributed by atoms with E-state index < -0.39 is 28.5 Å². The number of sulfonamides is 1. The van der Waals surface area contributed by atoms with Gasteiger partial charge in [-0.05, 0) is 74.6 Å². The Bertz CT molecular complexity index is 1200. The molecule has 1 aliphatic rings. The number of carbonyl (C=O) groups is 2. The Kier molecular flexibility index (Phi) is 9.58. The summed E-state index contributed by atoms with van der Waals surface area (Å²) in [6.45, 7) is 5.34. The Morgan fingerprint density at radius 3 is 2.36 bits per heavy atom. The van der Waals surface area contributed by atoms with Crippen molar-refractivity contribution in [3.8, 4) is 0 Å². The number of hydrogen-bond acceptors (Lipinski definition) is 4. The predicted molar refractivity (Wildman–Crippen MR) is 147 cm³/mol. The summed E-state index contributed by atoms with van der Waals surface area (Å²) in [6, 6.07) is 12.2. The third-order valence-corrected chi connectivity index (χ3v) is 8.45. The topological polar surface area (TPSA) is 86.8 Å². The van der Waals surface area contributed by atoms with Crippen molar-refractivity contribution in [3.05, 3.63) is 63.6 Å². The van der Waals surface area contributed by atoms with Crippen molar-refractivity contribution < 1.29 is 18.0 Å². The fourth-order valence-corrected chi connectivity index (χ4v) is 5.77. The van der Waals surface area contributed by atoms with Gasteiger partial charge in [0.05, 0.1) is 11.9 Å². The number of nitrogens with one attached hydrogen (secondary N) is 1. The van der Waals surface area contributed by atoms with Gasteiger partial charge in [-0.25, -0.2) is 8.42 Å². The van der Waals surface area contributed by atoms with Crippen LogP contribution in [-0.4, -0.2) is 50.0 Å². The van der Waals surface area contributed by atoms with E-state index in [0.29, 0.717) is 5.69 Å². The third kappa shape index (κ3) is 7.56. The minimum atomic E-state index is -3.75. The third-order valence-electron chi connectivity index (χ3n) is 6.82. The van der Waals surface area contributed by atoms with Crippen LogP contribution in [0.5, 0.6) is 0 Å². The second-order valence-corrected chi connectivity index (χ2v) is 12.5. The quantitative estimate of drug-likeness (QED) is 0.468. The first-order chi connectivity index (χ1) is 17.0. The minimum Gasteiger partial charge on any atom is -0.352 e. The zero-order valence-electron chi connectivity index (χ0n) is 21.5. The maximum atomic E-state index is 13.7. The number of benzene rings is 2. The molecule has 1 N–H and O–H groups in total. The number of amides is 2. The smallest absolute Gasteiger partial charge is 0.244 e. The van der Waals surface area contributed by atoms with Crippen LogP contribution >= 0.6 is 15.9 Å². The van der Waals surface area contributed by atoms with Gasteiger partial charge in [0.2, 0.25) is 21.8 Å². The number of rotatable bonds is 9. The summed E-state index contributed by atoms with van der Waals surface area (Å²) in [5.74, 6) is -0.660. The molecule has 3 rings (SSSR count). The summed E-state index contributed by atoms with van der Waals surface area (Å²) in [7, 11) is -3.75. The molecule has 1 aliphatic carbocycles. The molecule has 0 spiro atoms. The van der Waals surface area contributed by atoms with Gasteiger partial charge >= 0.3 is 0 Å². The largest absolute Gasteiger partial charge is 0.352 e. The maximum Gasteiger partial charge on any atom is 0.244 e. The van der Waals surface area contributed by atoms with Gasteiger partial charge in [-0.3, -0.25) is 13.9 Å². The Morgan fingerprint density at radius 1 is 1.06 bits per heavy atom. The molecule has 2 aromatic rings. The fraction of sp³-hybridized carbons (Fsp3) is 0.481.